The monoisotopic (exact) mass is 338 g/mol. The first kappa shape index (κ1) is 13.1. The van der Waals surface area contributed by atoms with Crippen LogP contribution in [0.5, 0.6) is 0 Å². The second-order valence-electron chi connectivity index (χ2n) is 2.84. The Morgan fingerprint density at radius 3 is 2.80 bits per heavy atom. The van der Waals surface area contributed by atoms with Crippen LogP contribution in [-0.4, -0.2) is 29.8 Å². The summed E-state index contributed by atoms with van der Waals surface area (Å²) < 4.78 is 7.09. The van der Waals surface area contributed by atoms with Crippen LogP contribution in [0, 0.1) is 0 Å². The fourth-order valence-corrected chi connectivity index (χ4v) is 2.36. The molecule has 0 aromatic carbocycles. The molecule has 84 valence electrons. The number of nitrogens with zero attached hydrogens (tertiary/aromatic N) is 1. The zero-order valence-corrected chi connectivity index (χ0v) is 11.2. The van der Waals surface area contributed by atoms with Crippen molar-refractivity contribution in [2.24, 2.45) is 5.73 Å². The van der Waals surface area contributed by atoms with E-state index in [-0.39, 0.29) is 19.3 Å². The Hall–Kier alpha value is -0.0100. The van der Waals surface area contributed by atoms with Crippen LogP contribution < -0.4 is 5.73 Å². The molecule has 1 aromatic rings. The Balaban J connectivity index is 2.81. The van der Waals surface area contributed by atoms with Crippen molar-refractivity contribution in [1.29, 1.82) is 0 Å². The molecule has 1 rings (SSSR count). The number of aliphatic hydroxyl groups excluding tert-OH is 1. The van der Waals surface area contributed by atoms with Crippen LogP contribution in [0.4, 0.5) is 0 Å². The van der Waals surface area contributed by atoms with Gasteiger partial charge >= 0.3 is 0 Å². The molecule has 0 spiro atoms. The van der Waals surface area contributed by atoms with E-state index >= 15 is 0 Å². The van der Waals surface area contributed by atoms with E-state index in [1.54, 1.807) is 6.20 Å². The van der Waals surface area contributed by atoms with Gasteiger partial charge in [-0.2, -0.15) is 0 Å². The van der Waals surface area contributed by atoms with E-state index in [4.69, 9.17) is 15.6 Å². The summed E-state index contributed by atoms with van der Waals surface area (Å²) in [6.07, 6.45) is 1.39. The third-order valence-electron chi connectivity index (χ3n) is 1.77. The topological polar surface area (TPSA) is 68.4 Å². The van der Waals surface area contributed by atoms with Gasteiger partial charge in [0.15, 0.2) is 0 Å². The first-order chi connectivity index (χ1) is 7.19. The van der Waals surface area contributed by atoms with E-state index in [1.165, 1.54) is 0 Å². The number of aromatic nitrogens is 1. The molecule has 0 aliphatic rings. The average Bonchev–Trinajstić information content (AvgIpc) is 2.21. The van der Waals surface area contributed by atoms with Crippen molar-refractivity contribution in [2.75, 3.05) is 19.8 Å². The number of nitrogens with two attached hydrogens (primary N) is 1. The summed E-state index contributed by atoms with van der Waals surface area (Å²) in [4.78, 5) is 4.22. The summed E-state index contributed by atoms with van der Waals surface area (Å²) in [5.74, 6) is 0. The molecule has 0 radical (unpaired) electrons. The molecular formula is C9H12Br2N2O2. The van der Waals surface area contributed by atoms with Crippen LogP contribution in [0.25, 0.3) is 0 Å². The van der Waals surface area contributed by atoms with E-state index in [1.807, 2.05) is 6.07 Å². The molecule has 6 heteroatoms. The Kier molecular flexibility index (Phi) is 5.70. The van der Waals surface area contributed by atoms with Gasteiger partial charge in [-0.25, -0.2) is 0 Å². The van der Waals surface area contributed by atoms with E-state index in [0.717, 1.165) is 14.6 Å². The summed E-state index contributed by atoms with van der Waals surface area (Å²) >= 11 is 6.71. The molecule has 0 fully saturated rings. The van der Waals surface area contributed by atoms with Crippen molar-refractivity contribution in [2.45, 2.75) is 6.10 Å². The van der Waals surface area contributed by atoms with E-state index in [2.05, 4.69) is 36.8 Å². The Labute approximate surface area is 105 Å². The number of pyridine rings is 1. The zero-order valence-electron chi connectivity index (χ0n) is 7.99. The Morgan fingerprint density at radius 1 is 1.53 bits per heavy atom. The fraction of sp³-hybridized carbons (Fsp3) is 0.444. The predicted molar refractivity (Wildman–Crippen MR) is 64.5 cm³/mol. The van der Waals surface area contributed by atoms with Crippen molar-refractivity contribution < 1.29 is 9.84 Å². The minimum Gasteiger partial charge on any atom is -0.394 e. The van der Waals surface area contributed by atoms with Gasteiger partial charge in [0.2, 0.25) is 0 Å². The fourth-order valence-electron chi connectivity index (χ4n) is 1.12. The highest BCUT2D eigenvalue weighted by molar-refractivity contribution is 9.11. The van der Waals surface area contributed by atoms with Crippen LogP contribution >= 0.6 is 31.9 Å². The van der Waals surface area contributed by atoms with Crippen LogP contribution in [0.3, 0.4) is 0 Å². The first-order valence-electron chi connectivity index (χ1n) is 4.42. The van der Waals surface area contributed by atoms with Gasteiger partial charge in [0, 0.05) is 21.7 Å². The van der Waals surface area contributed by atoms with Crippen molar-refractivity contribution in [3.63, 3.8) is 0 Å². The molecule has 0 aliphatic carbocycles. The standard InChI is InChI=1S/C9H12Br2N2O2/c10-6-3-7(11)9(13-5-6)8(4-12)15-2-1-14/h3,5,8,14H,1-2,4,12H2. The quantitative estimate of drug-likeness (QED) is 0.855. The lowest BCUT2D eigenvalue weighted by Gasteiger charge is -2.16. The van der Waals surface area contributed by atoms with Gasteiger partial charge in [0.1, 0.15) is 6.10 Å². The third kappa shape index (κ3) is 3.81. The van der Waals surface area contributed by atoms with Crippen molar-refractivity contribution in [1.82, 2.24) is 4.98 Å². The molecule has 1 aromatic heterocycles. The van der Waals surface area contributed by atoms with Gasteiger partial charge in [-0.05, 0) is 37.9 Å². The summed E-state index contributed by atoms with van der Waals surface area (Å²) in [7, 11) is 0. The maximum Gasteiger partial charge on any atom is 0.113 e. The minimum atomic E-state index is -0.292. The van der Waals surface area contributed by atoms with E-state index in [9.17, 15) is 0 Å². The molecule has 0 amide bonds. The second kappa shape index (κ2) is 6.55. The lowest BCUT2D eigenvalue weighted by atomic mass is 10.2. The zero-order chi connectivity index (χ0) is 11.3. The molecule has 0 saturated carbocycles. The molecule has 4 nitrogen and oxygen atoms in total. The minimum absolute atomic E-state index is 0.0232. The van der Waals surface area contributed by atoms with E-state index in [0.29, 0.717) is 6.54 Å². The maximum atomic E-state index is 8.67. The van der Waals surface area contributed by atoms with Crippen LogP contribution in [0.2, 0.25) is 0 Å². The average molecular weight is 340 g/mol. The van der Waals surface area contributed by atoms with Crippen molar-refractivity contribution >= 4 is 31.9 Å². The number of aliphatic hydroxyl groups is 1. The Bertz CT molecular complexity index is 323. The number of halogens is 2. The first-order valence-corrected chi connectivity index (χ1v) is 6.01. The molecule has 0 bridgehead atoms. The summed E-state index contributed by atoms with van der Waals surface area (Å²) in [6, 6.07) is 1.88. The number of hydrogen-bond acceptors (Lipinski definition) is 4. The summed E-state index contributed by atoms with van der Waals surface area (Å²) in [6.45, 7) is 0.559. The number of ether oxygens (including phenoxy) is 1. The van der Waals surface area contributed by atoms with Gasteiger partial charge < -0.3 is 15.6 Å². The van der Waals surface area contributed by atoms with Gasteiger partial charge in [0.05, 0.1) is 18.9 Å². The summed E-state index contributed by atoms with van der Waals surface area (Å²) in [5.41, 5.74) is 6.32. The highest BCUT2D eigenvalue weighted by Gasteiger charge is 2.15. The van der Waals surface area contributed by atoms with Crippen LogP contribution in [0.15, 0.2) is 21.2 Å². The molecule has 1 heterocycles. The van der Waals surface area contributed by atoms with Gasteiger partial charge in [-0.3, -0.25) is 4.98 Å². The molecule has 15 heavy (non-hydrogen) atoms. The largest absolute Gasteiger partial charge is 0.394 e. The lowest BCUT2D eigenvalue weighted by Crippen LogP contribution is -2.19. The van der Waals surface area contributed by atoms with Crippen LogP contribution in [0.1, 0.15) is 11.8 Å². The predicted octanol–water partition coefficient (Wildman–Crippen LogP) is 1.62. The van der Waals surface area contributed by atoms with Crippen LogP contribution in [-0.2, 0) is 4.74 Å². The van der Waals surface area contributed by atoms with Gasteiger partial charge in [0.25, 0.3) is 0 Å². The van der Waals surface area contributed by atoms with Gasteiger partial charge in [-0.15, -0.1) is 0 Å². The highest BCUT2D eigenvalue weighted by atomic mass is 79.9. The van der Waals surface area contributed by atoms with Gasteiger partial charge in [-0.1, -0.05) is 0 Å². The molecule has 1 unspecified atom stereocenters. The summed E-state index contributed by atoms with van der Waals surface area (Å²) in [5, 5.41) is 8.67. The smallest absolute Gasteiger partial charge is 0.113 e. The molecule has 3 N–H and O–H groups in total. The second-order valence-corrected chi connectivity index (χ2v) is 4.61. The molecule has 0 aliphatic heterocycles. The SMILES string of the molecule is NCC(OCCO)c1ncc(Br)cc1Br. The molecular weight excluding hydrogens is 328 g/mol. The van der Waals surface area contributed by atoms with E-state index < -0.39 is 0 Å². The number of hydrogen-bond donors (Lipinski definition) is 2. The molecule has 1 atom stereocenters. The lowest BCUT2D eigenvalue weighted by molar-refractivity contribution is 0.0301. The van der Waals surface area contributed by atoms with Crippen molar-refractivity contribution in [3.05, 3.63) is 26.9 Å². The Morgan fingerprint density at radius 2 is 2.27 bits per heavy atom. The number of rotatable bonds is 5. The molecule has 0 saturated heterocycles. The maximum absolute atomic E-state index is 8.67. The highest BCUT2D eigenvalue weighted by Crippen LogP contribution is 2.25. The normalized spacial score (nSPS) is 12.8. The van der Waals surface area contributed by atoms with Crippen molar-refractivity contribution in [3.8, 4) is 0 Å². The third-order valence-corrected chi connectivity index (χ3v) is 2.83.